The van der Waals surface area contributed by atoms with Gasteiger partial charge in [0.2, 0.25) is 0 Å². The van der Waals surface area contributed by atoms with Crippen LogP contribution in [0.25, 0.3) is 10.9 Å². The number of rotatable bonds is 5. The molecule has 0 aliphatic heterocycles. The third kappa shape index (κ3) is 2.92. The van der Waals surface area contributed by atoms with Gasteiger partial charge in [0.1, 0.15) is 0 Å². The highest BCUT2D eigenvalue weighted by atomic mass is 14.7. The fourth-order valence-electron chi connectivity index (χ4n) is 3.26. The SMILES string of the molecule is Cc1[nH]c2ccc(CC(C)(C)CCC3CC3)cc2c1C. The van der Waals surface area contributed by atoms with Gasteiger partial charge in [-0.05, 0) is 67.7 Å². The van der Waals surface area contributed by atoms with Gasteiger partial charge in [-0.1, -0.05) is 32.8 Å². The molecule has 0 unspecified atom stereocenters. The topological polar surface area (TPSA) is 15.8 Å². The standard InChI is InChI=1S/C19H27N/c1-13-14(2)20-18-8-7-16(11-17(13)18)12-19(3,4)10-9-15-5-6-15/h7-8,11,15,20H,5-6,9-10,12H2,1-4H3. The van der Waals surface area contributed by atoms with Crippen LogP contribution in [0.15, 0.2) is 18.2 Å². The maximum atomic E-state index is 3.47. The van der Waals surface area contributed by atoms with E-state index in [0.29, 0.717) is 5.41 Å². The number of aromatic amines is 1. The Balaban J connectivity index is 1.77. The molecule has 20 heavy (non-hydrogen) atoms. The summed E-state index contributed by atoms with van der Waals surface area (Å²) >= 11 is 0. The number of benzene rings is 1. The summed E-state index contributed by atoms with van der Waals surface area (Å²) < 4.78 is 0. The van der Waals surface area contributed by atoms with Crippen molar-refractivity contribution in [1.29, 1.82) is 0 Å². The second-order valence-electron chi connectivity index (χ2n) is 7.58. The quantitative estimate of drug-likeness (QED) is 0.733. The van der Waals surface area contributed by atoms with Gasteiger partial charge < -0.3 is 4.98 Å². The maximum Gasteiger partial charge on any atom is 0.0458 e. The minimum Gasteiger partial charge on any atom is -0.358 e. The van der Waals surface area contributed by atoms with Gasteiger partial charge in [0.15, 0.2) is 0 Å². The molecular weight excluding hydrogens is 242 g/mol. The first-order chi connectivity index (χ1) is 9.44. The normalized spacial score (nSPS) is 16.0. The molecule has 0 amide bonds. The van der Waals surface area contributed by atoms with Crippen molar-refractivity contribution in [2.75, 3.05) is 0 Å². The number of aromatic nitrogens is 1. The minimum absolute atomic E-state index is 0.426. The van der Waals surface area contributed by atoms with Crippen LogP contribution in [-0.2, 0) is 6.42 Å². The van der Waals surface area contributed by atoms with Gasteiger partial charge in [-0.15, -0.1) is 0 Å². The smallest absolute Gasteiger partial charge is 0.0458 e. The van der Waals surface area contributed by atoms with E-state index in [1.807, 2.05) is 0 Å². The summed E-state index contributed by atoms with van der Waals surface area (Å²) in [6.07, 6.45) is 6.94. The van der Waals surface area contributed by atoms with Gasteiger partial charge >= 0.3 is 0 Å². The average Bonchev–Trinajstić information content (AvgIpc) is 3.17. The summed E-state index contributed by atoms with van der Waals surface area (Å²) in [4.78, 5) is 3.47. The Kier molecular flexibility index (Phi) is 3.40. The van der Waals surface area contributed by atoms with E-state index < -0.39 is 0 Å². The van der Waals surface area contributed by atoms with Crippen LogP contribution in [0, 0.1) is 25.2 Å². The van der Waals surface area contributed by atoms with Gasteiger partial charge in [0.25, 0.3) is 0 Å². The third-order valence-corrected chi connectivity index (χ3v) is 4.98. The highest BCUT2D eigenvalue weighted by molar-refractivity contribution is 5.85. The molecule has 0 spiro atoms. The zero-order valence-corrected chi connectivity index (χ0v) is 13.3. The zero-order chi connectivity index (χ0) is 14.3. The summed E-state index contributed by atoms with van der Waals surface area (Å²) in [5, 5.41) is 1.40. The largest absolute Gasteiger partial charge is 0.358 e. The van der Waals surface area contributed by atoms with Crippen molar-refractivity contribution in [2.45, 2.75) is 59.8 Å². The van der Waals surface area contributed by atoms with Gasteiger partial charge in [-0.3, -0.25) is 0 Å². The van der Waals surface area contributed by atoms with Crippen LogP contribution < -0.4 is 0 Å². The molecule has 2 aromatic rings. The number of hydrogen-bond acceptors (Lipinski definition) is 0. The Labute approximate surface area is 122 Å². The first kappa shape index (κ1) is 13.7. The molecule has 1 aromatic heterocycles. The number of H-pyrrole nitrogens is 1. The molecule has 0 saturated heterocycles. The summed E-state index contributed by atoms with van der Waals surface area (Å²) in [5.41, 5.74) is 5.89. The Morgan fingerprint density at radius 3 is 2.65 bits per heavy atom. The van der Waals surface area contributed by atoms with Gasteiger partial charge in [0.05, 0.1) is 0 Å². The number of aryl methyl sites for hydroxylation is 2. The molecule has 3 rings (SSSR count). The highest BCUT2D eigenvalue weighted by Gasteiger charge is 2.26. The zero-order valence-electron chi connectivity index (χ0n) is 13.3. The van der Waals surface area contributed by atoms with E-state index in [1.165, 1.54) is 59.8 Å². The summed E-state index contributed by atoms with van der Waals surface area (Å²) in [6.45, 7) is 9.23. The highest BCUT2D eigenvalue weighted by Crippen LogP contribution is 2.38. The predicted octanol–water partition coefficient (Wildman–Crippen LogP) is 5.54. The first-order valence-electron chi connectivity index (χ1n) is 8.02. The molecule has 1 N–H and O–H groups in total. The fraction of sp³-hybridized carbons (Fsp3) is 0.579. The minimum atomic E-state index is 0.426. The first-order valence-corrected chi connectivity index (χ1v) is 8.02. The Morgan fingerprint density at radius 2 is 1.95 bits per heavy atom. The van der Waals surface area contributed by atoms with Crippen molar-refractivity contribution < 1.29 is 0 Å². The molecule has 108 valence electrons. The Hall–Kier alpha value is -1.24. The monoisotopic (exact) mass is 269 g/mol. The van der Waals surface area contributed by atoms with E-state index in [0.717, 1.165) is 5.92 Å². The number of nitrogens with one attached hydrogen (secondary N) is 1. The lowest BCUT2D eigenvalue weighted by atomic mass is 9.81. The fourth-order valence-corrected chi connectivity index (χ4v) is 3.26. The molecule has 1 saturated carbocycles. The molecule has 1 aliphatic rings. The number of hydrogen-bond donors (Lipinski definition) is 1. The molecule has 1 aromatic carbocycles. The van der Waals surface area contributed by atoms with Crippen molar-refractivity contribution in [1.82, 2.24) is 4.98 Å². The molecule has 0 atom stereocenters. The van der Waals surface area contributed by atoms with Gasteiger partial charge in [-0.2, -0.15) is 0 Å². The molecule has 1 aliphatic carbocycles. The predicted molar refractivity (Wildman–Crippen MR) is 87.2 cm³/mol. The van der Waals surface area contributed by atoms with Crippen molar-refractivity contribution in [3.8, 4) is 0 Å². The van der Waals surface area contributed by atoms with Crippen LogP contribution in [0.3, 0.4) is 0 Å². The second-order valence-corrected chi connectivity index (χ2v) is 7.58. The summed E-state index contributed by atoms with van der Waals surface area (Å²) in [5.74, 6) is 1.05. The summed E-state index contributed by atoms with van der Waals surface area (Å²) in [6, 6.07) is 6.95. The van der Waals surface area contributed by atoms with E-state index in [-0.39, 0.29) is 0 Å². The van der Waals surface area contributed by atoms with Crippen LogP contribution in [0.2, 0.25) is 0 Å². The molecule has 0 radical (unpaired) electrons. The summed E-state index contributed by atoms with van der Waals surface area (Å²) in [7, 11) is 0. The van der Waals surface area contributed by atoms with Crippen LogP contribution in [-0.4, -0.2) is 4.98 Å². The van der Waals surface area contributed by atoms with Crippen LogP contribution >= 0.6 is 0 Å². The van der Waals surface area contributed by atoms with Gasteiger partial charge in [-0.25, -0.2) is 0 Å². The van der Waals surface area contributed by atoms with E-state index >= 15 is 0 Å². The molecule has 1 heterocycles. The molecular formula is C19H27N. The Bertz CT molecular complexity index is 614. The van der Waals surface area contributed by atoms with Crippen LogP contribution in [0.4, 0.5) is 0 Å². The van der Waals surface area contributed by atoms with E-state index in [9.17, 15) is 0 Å². The average molecular weight is 269 g/mol. The lowest BCUT2D eigenvalue weighted by molar-refractivity contribution is 0.315. The Morgan fingerprint density at radius 1 is 1.20 bits per heavy atom. The molecule has 1 fully saturated rings. The van der Waals surface area contributed by atoms with Crippen molar-refractivity contribution in [3.05, 3.63) is 35.0 Å². The third-order valence-electron chi connectivity index (χ3n) is 4.98. The second kappa shape index (κ2) is 4.95. The van der Waals surface area contributed by atoms with Gasteiger partial charge in [0, 0.05) is 16.6 Å². The van der Waals surface area contributed by atoms with E-state index in [4.69, 9.17) is 0 Å². The lowest BCUT2D eigenvalue weighted by Crippen LogP contribution is -2.15. The van der Waals surface area contributed by atoms with Crippen molar-refractivity contribution in [2.24, 2.45) is 11.3 Å². The van der Waals surface area contributed by atoms with E-state index in [1.54, 1.807) is 0 Å². The van der Waals surface area contributed by atoms with Crippen molar-refractivity contribution in [3.63, 3.8) is 0 Å². The van der Waals surface area contributed by atoms with Crippen molar-refractivity contribution >= 4 is 10.9 Å². The maximum absolute atomic E-state index is 3.47. The molecule has 1 nitrogen and oxygen atoms in total. The number of fused-ring (bicyclic) bond motifs is 1. The molecule has 0 bridgehead atoms. The van der Waals surface area contributed by atoms with Crippen LogP contribution in [0.1, 0.15) is 56.4 Å². The molecule has 1 heteroatoms. The lowest BCUT2D eigenvalue weighted by Gasteiger charge is -2.25. The van der Waals surface area contributed by atoms with Crippen LogP contribution in [0.5, 0.6) is 0 Å². The van der Waals surface area contributed by atoms with E-state index in [2.05, 4.69) is 50.9 Å².